The lowest BCUT2D eigenvalue weighted by molar-refractivity contribution is 0.101. The van der Waals surface area contributed by atoms with Gasteiger partial charge in [-0.3, -0.25) is 4.79 Å². The summed E-state index contributed by atoms with van der Waals surface area (Å²) >= 11 is 5.43. The number of alkyl halides is 1. The molecule has 1 aromatic carbocycles. The molecule has 3 heteroatoms. The van der Waals surface area contributed by atoms with Gasteiger partial charge in [-0.25, -0.2) is 4.39 Å². The van der Waals surface area contributed by atoms with Gasteiger partial charge >= 0.3 is 0 Å². The van der Waals surface area contributed by atoms with E-state index in [9.17, 15) is 9.18 Å². The van der Waals surface area contributed by atoms with Crippen LogP contribution in [-0.4, -0.2) is 11.7 Å². The molecule has 0 aliphatic heterocycles. The molecule has 80 valence electrons. The third-order valence-electron chi connectivity index (χ3n) is 2.85. The number of hydrogen-bond donors (Lipinski definition) is 0. The van der Waals surface area contributed by atoms with Gasteiger partial charge < -0.3 is 0 Å². The number of rotatable bonds is 2. The van der Waals surface area contributed by atoms with Crippen LogP contribution in [0.4, 0.5) is 4.39 Å². The third-order valence-corrected chi connectivity index (χ3v) is 3.10. The van der Waals surface area contributed by atoms with Gasteiger partial charge in [-0.1, -0.05) is 0 Å². The Kier molecular flexibility index (Phi) is 3.06. The molecule has 0 N–H and O–H groups in total. The lowest BCUT2D eigenvalue weighted by Gasteiger charge is -2.16. The zero-order valence-corrected chi connectivity index (χ0v) is 9.11. The first-order chi connectivity index (χ1) is 7.22. The zero-order chi connectivity index (χ0) is 10.8. The minimum atomic E-state index is -0.429. The van der Waals surface area contributed by atoms with Gasteiger partial charge in [0.2, 0.25) is 0 Å². The van der Waals surface area contributed by atoms with Crippen LogP contribution in [0.1, 0.15) is 34.3 Å². The van der Waals surface area contributed by atoms with Crippen molar-refractivity contribution in [1.82, 2.24) is 0 Å². The zero-order valence-electron chi connectivity index (χ0n) is 8.35. The van der Waals surface area contributed by atoms with E-state index >= 15 is 0 Å². The van der Waals surface area contributed by atoms with Gasteiger partial charge in [0.25, 0.3) is 0 Å². The van der Waals surface area contributed by atoms with Crippen LogP contribution >= 0.6 is 11.6 Å². The lowest BCUT2D eigenvalue weighted by atomic mass is 9.89. The van der Waals surface area contributed by atoms with Gasteiger partial charge in [-0.15, -0.1) is 11.6 Å². The second-order valence-electron chi connectivity index (χ2n) is 3.86. The summed E-state index contributed by atoms with van der Waals surface area (Å²) in [6.07, 6.45) is 4.09. The maximum absolute atomic E-state index is 13.5. The Hall–Kier alpha value is -0.890. The highest BCUT2D eigenvalue weighted by Gasteiger charge is 2.16. The molecule has 0 saturated heterocycles. The van der Waals surface area contributed by atoms with Crippen LogP contribution in [0.15, 0.2) is 12.1 Å². The Morgan fingerprint density at radius 3 is 2.47 bits per heavy atom. The summed E-state index contributed by atoms with van der Waals surface area (Å²) in [7, 11) is 0. The van der Waals surface area contributed by atoms with Crippen LogP contribution in [0.25, 0.3) is 0 Å². The van der Waals surface area contributed by atoms with Crippen molar-refractivity contribution in [2.24, 2.45) is 0 Å². The Labute approximate surface area is 93.2 Å². The van der Waals surface area contributed by atoms with E-state index < -0.39 is 5.82 Å². The fraction of sp³-hybridized carbons (Fsp3) is 0.417. The van der Waals surface area contributed by atoms with Crippen molar-refractivity contribution in [1.29, 1.82) is 0 Å². The molecule has 0 saturated carbocycles. The Balaban J connectivity index is 2.44. The number of aryl methyl sites for hydroxylation is 2. The quantitative estimate of drug-likeness (QED) is 0.559. The maximum atomic E-state index is 13.5. The summed E-state index contributed by atoms with van der Waals surface area (Å²) in [6, 6.07) is 3.17. The molecule has 0 spiro atoms. The lowest BCUT2D eigenvalue weighted by Crippen LogP contribution is -2.09. The van der Waals surface area contributed by atoms with Crippen LogP contribution in [0.2, 0.25) is 0 Å². The van der Waals surface area contributed by atoms with Crippen molar-refractivity contribution in [3.63, 3.8) is 0 Å². The molecule has 0 heterocycles. The average Bonchev–Trinajstić information content (AvgIpc) is 2.27. The first-order valence-corrected chi connectivity index (χ1v) is 5.66. The molecule has 1 aromatic rings. The minimum absolute atomic E-state index is 0.144. The van der Waals surface area contributed by atoms with Crippen molar-refractivity contribution >= 4 is 17.4 Å². The van der Waals surface area contributed by atoms with Crippen LogP contribution in [0, 0.1) is 5.82 Å². The number of halogens is 2. The smallest absolute Gasteiger partial charge is 0.180 e. The van der Waals surface area contributed by atoms with Crippen LogP contribution < -0.4 is 0 Å². The van der Waals surface area contributed by atoms with Crippen LogP contribution in [0.3, 0.4) is 0 Å². The number of benzene rings is 1. The molecule has 0 bridgehead atoms. The highest BCUT2D eigenvalue weighted by atomic mass is 35.5. The van der Waals surface area contributed by atoms with E-state index in [0.717, 1.165) is 36.8 Å². The highest BCUT2D eigenvalue weighted by molar-refractivity contribution is 6.30. The molecular formula is C12H12ClFO. The molecule has 15 heavy (non-hydrogen) atoms. The molecule has 1 aliphatic rings. The summed E-state index contributed by atoms with van der Waals surface area (Å²) < 4.78 is 13.5. The summed E-state index contributed by atoms with van der Waals surface area (Å²) in [4.78, 5) is 11.3. The van der Waals surface area contributed by atoms with E-state index in [0.29, 0.717) is 0 Å². The maximum Gasteiger partial charge on any atom is 0.180 e. The molecule has 1 nitrogen and oxygen atoms in total. The van der Waals surface area contributed by atoms with Gasteiger partial charge in [-0.2, -0.15) is 0 Å². The van der Waals surface area contributed by atoms with E-state index in [4.69, 9.17) is 11.6 Å². The van der Waals surface area contributed by atoms with Crippen molar-refractivity contribution in [3.05, 3.63) is 34.6 Å². The highest BCUT2D eigenvalue weighted by Crippen LogP contribution is 2.24. The largest absolute Gasteiger partial charge is 0.293 e. The number of fused-ring (bicyclic) bond motifs is 1. The van der Waals surface area contributed by atoms with Gasteiger partial charge in [-0.05, 0) is 48.9 Å². The van der Waals surface area contributed by atoms with E-state index in [2.05, 4.69) is 0 Å². The molecule has 0 fully saturated rings. The van der Waals surface area contributed by atoms with E-state index in [1.165, 1.54) is 6.07 Å². The molecule has 0 radical (unpaired) electrons. The monoisotopic (exact) mass is 226 g/mol. The van der Waals surface area contributed by atoms with Crippen molar-refractivity contribution in [3.8, 4) is 0 Å². The second kappa shape index (κ2) is 4.31. The fourth-order valence-electron chi connectivity index (χ4n) is 2.04. The first kappa shape index (κ1) is 10.6. The van der Waals surface area contributed by atoms with E-state index in [1.807, 2.05) is 0 Å². The van der Waals surface area contributed by atoms with Crippen molar-refractivity contribution < 1.29 is 9.18 Å². The molecule has 0 unspecified atom stereocenters. The second-order valence-corrected chi connectivity index (χ2v) is 4.13. The predicted octanol–water partition coefficient (Wildman–Crippen LogP) is 3.13. The molecule has 1 aliphatic carbocycles. The number of hydrogen-bond acceptors (Lipinski definition) is 1. The van der Waals surface area contributed by atoms with Crippen LogP contribution in [-0.2, 0) is 12.8 Å². The Bertz CT molecular complexity index is 401. The minimum Gasteiger partial charge on any atom is -0.293 e. The number of Topliss-reactive ketones (excluding diaryl/α,β-unsaturated/α-hetero) is 1. The number of carbonyl (C=O) groups excluding carboxylic acids is 1. The van der Waals surface area contributed by atoms with Crippen LogP contribution in [0.5, 0.6) is 0 Å². The third kappa shape index (κ3) is 2.05. The SMILES string of the molecule is O=C(CCl)c1cc2c(cc1F)CCCC2. The molecule has 0 aromatic heterocycles. The van der Waals surface area contributed by atoms with E-state index in [1.54, 1.807) is 6.07 Å². The average molecular weight is 227 g/mol. The Morgan fingerprint density at radius 2 is 1.87 bits per heavy atom. The summed E-state index contributed by atoms with van der Waals surface area (Å²) in [5, 5.41) is 0. The van der Waals surface area contributed by atoms with E-state index in [-0.39, 0.29) is 17.2 Å². The van der Waals surface area contributed by atoms with Gasteiger partial charge in [0, 0.05) is 0 Å². The molecular weight excluding hydrogens is 215 g/mol. The summed E-state index contributed by atoms with van der Waals surface area (Å²) in [6.45, 7) is 0. The molecule has 0 atom stereocenters. The normalized spacial score (nSPS) is 14.8. The van der Waals surface area contributed by atoms with Gasteiger partial charge in [0.05, 0.1) is 11.4 Å². The number of ketones is 1. The first-order valence-electron chi connectivity index (χ1n) is 5.13. The Morgan fingerprint density at radius 1 is 1.27 bits per heavy atom. The molecule has 0 amide bonds. The van der Waals surface area contributed by atoms with Crippen molar-refractivity contribution in [2.45, 2.75) is 25.7 Å². The van der Waals surface area contributed by atoms with Gasteiger partial charge in [0.1, 0.15) is 5.82 Å². The topological polar surface area (TPSA) is 17.1 Å². The van der Waals surface area contributed by atoms with Crippen molar-refractivity contribution in [2.75, 3.05) is 5.88 Å². The summed E-state index contributed by atoms with van der Waals surface area (Å²) in [5.74, 6) is -0.917. The molecule has 2 rings (SSSR count). The fourth-order valence-corrected chi connectivity index (χ4v) is 2.19. The van der Waals surface area contributed by atoms with Gasteiger partial charge in [0.15, 0.2) is 5.78 Å². The summed E-state index contributed by atoms with van der Waals surface area (Å²) in [5.41, 5.74) is 2.30. The predicted molar refractivity (Wildman–Crippen MR) is 58.1 cm³/mol. The number of carbonyl (C=O) groups is 1. The standard InChI is InChI=1S/C12H12ClFO/c13-7-12(15)10-5-8-3-1-2-4-9(8)6-11(10)14/h5-6H,1-4,7H2.